The molecular formula is C13H21N5O3. The Labute approximate surface area is 123 Å². The maximum atomic E-state index is 12.3. The average molecular weight is 295 g/mol. The van der Waals surface area contributed by atoms with Gasteiger partial charge in [0.2, 0.25) is 0 Å². The summed E-state index contributed by atoms with van der Waals surface area (Å²) in [5, 5.41) is 16.1. The second-order valence-corrected chi connectivity index (χ2v) is 5.69. The molecule has 1 amide bonds. The highest BCUT2D eigenvalue weighted by Gasteiger charge is 2.25. The fourth-order valence-corrected chi connectivity index (χ4v) is 2.61. The van der Waals surface area contributed by atoms with Gasteiger partial charge >= 0.3 is 5.97 Å². The molecule has 2 rings (SSSR count). The highest BCUT2D eigenvalue weighted by atomic mass is 16.4. The molecule has 0 aliphatic carbocycles. The molecule has 21 heavy (non-hydrogen) atoms. The molecule has 1 aliphatic heterocycles. The van der Waals surface area contributed by atoms with Crippen LogP contribution in [0.4, 0.5) is 0 Å². The van der Waals surface area contributed by atoms with Crippen molar-refractivity contribution in [1.29, 1.82) is 0 Å². The van der Waals surface area contributed by atoms with E-state index in [0.717, 1.165) is 24.1 Å². The predicted octanol–water partition coefficient (Wildman–Crippen LogP) is -0.223. The lowest BCUT2D eigenvalue weighted by molar-refractivity contribution is -0.137. The van der Waals surface area contributed by atoms with Crippen LogP contribution in [0.3, 0.4) is 0 Å². The van der Waals surface area contributed by atoms with Crippen molar-refractivity contribution in [2.24, 2.45) is 5.92 Å². The third-order valence-corrected chi connectivity index (χ3v) is 3.58. The first-order valence-electron chi connectivity index (χ1n) is 7.01. The van der Waals surface area contributed by atoms with Crippen molar-refractivity contribution in [3.63, 3.8) is 0 Å². The zero-order valence-electron chi connectivity index (χ0n) is 12.4. The minimum atomic E-state index is -1.01. The molecule has 1 fully saturated rings. The van der Waals surface area contributed by atoms with Crippen molar-refractivity contribution in [3.05, 3.63) is 11.9 Å². The summed E-state index contributed by atoms with van der Waals surface area (Å²) in [6.07, 6.45) is 3.35. The Kier molecular flexibility index (Phi) is 4.89. The summed E-state index contributed by atoms with van der Waals surface area (Å²) in [6, 6.07) is 0. The quantitative estimate of drug-likeness (QED) is 0.807. The van der Waals surface area contributed by atoms with E-state index in [1.54, 1.807) is 4.90 Å². The number of carboxylic acids is 1. The van der Waals surface area contributed by atoms with Gasteiger partial charge in [0.05, 0.1) is 6.20 Å². The van der Waals surface area contributed by atoms with Crippen molar-refractivity contribution < 1.29 is 14.7 Å². The van der Waals surface area contributed by atoms with Crippen LogP contribution in [0.1, 0.15) is 23.3 Å². The number of aromatic nitrogens is 3. The van der Waals surface area contributed by atoms with Crippen LogP contribution in [0.15, 0.2) is 6.20 Å². The molecule has 8 nitrogen and oxygen atoms in total. The molecule has 0 bridgehead atoms. The first-order chi connectivity index (χ1) is 9.95. The van der Waals surface area contributed by atoms with E-state index in [1.807, 2.05) is 0 Å². The highest BCUT2D eigenvalue weighted by Crippen LogP contribution is 2.19. The Morgan fingerprint density at radius 1 is 1.38 bits per heavy atom. The van der Waals surface area contributed by atoms with Crippen molar-refractivity contribution in [1.82, 2.24) is 24.8 Å². The van der Waals surface area contributed by atoms with E-state index in [1.165, 1.54) is 6.20 Å². The van der Waals surface area contributed by atoms with Gasteiger partial charge in [-0.15, -0.1) is 5.10 Å². The van der Waals surface area contributed by atoms with Gasteiger partial charge in [-0.2, -0.15) is 0 Å². The summed E-state index contributed by atoms with van der Waals surface area (Å²) in [6.45, 7) is 2.17. The molecule has 8 heteroatoms. The van der Waals surface area contributed by atoms with E-state index in [2.05, 4.69) is 29.3 Å². The SMILES string of the molecule is CN(C)CC1CCN(C(=O)c2cn(CC(=O)O)nn2)CC1. The van der Waals surface area contributed by atoms with Gasteiger partial charge in [-0.1, -0.05) is 5.21 Å². The van der Waals surface area contributed by atoms with Crippen LogP contribution >= 0.6 is 0 Å². The fourth-order valence-electron chi connectivity index (χ4n) is 2.61. The third-order valence-electron chi connectivity index (χ3n) is 3.58. The van der Waals surface area contributed by atoms with Crippen LogP contribution < -0.4 is 0 Å². The maximum Gasteiger partial charge on any atom is 0.325 e. The van der Waals surface area contributed by atoms with E-state index < -0.39 is 5.97 Å². The molecule has 1 aliphatic rings. The predicted molar refractivity (Wildman–Crippen MR) is 74.8 cm³/mol. The maximum absolute atomic E-state index is 12.3. The molecular weight excluding hydrogens is 274 g/mol. The lowest BCUT2D eigenvalue weighted by atomic mass is 9.96. The number of carbonyl (C=O) groups excluding carboxylic acids is 1. The number of hydrogen-bond donors (Lipinski definition) is 1. The summed E-state index contributed by atoms with van der Waals surface area (Å²) in [7, 11) is 4.11. The first kappa shape index (κ1) is 15.4. The van der Waals surface area contributed by atoms with E-state index in [-0.39, 0.29) is 18.1 Å². The van der Waals surface area contributed by atoms with Gasteiger partial charge in [-0.05, 0) is 32.9 Å². The molecule has 0 radical (unpaired) electrons. The summed E-state index contributed by atoms with van der Waals surface area (Å²) >= 11 is 0. The first-order valence-corrected chi connectivity index (χ1v) is 7.01. The normalized spacial score (nSPS) is 16.4. The van der Waals surface area contributed by atoms with Crippen LogP contribution in [-0.4, -0.2) is 75.5 Å². The number of piperidine rings is 1. The molecule has 1 saturated heterocycles. The summed E-state index contributed by atoms with van der Waals surface area (Å²) in [4.78, 5) is 26.8. The molecule has 1 aromatic heterocycles. The minimum Gasteiger partial charge on any atom is -0.480 e. The van der Waals surface area contributed by atoms with E-state index >= 15 is 0 Å². The molecule has 0 atom stereocenters. The number of carboxylic acid groups (broad SMARTS) is 1. The molecule has 2 heterocycles. The second-order valence-electron chi connectivity index (χ2n) is 5.69. The minimum absolute atomic E-state index is 0.171. The average Bonchev–Trinajstić information content (AvgIpc) is 2.85. The van der Waals surface area contributed by atoms with Crippen LogP contribution in [0.2, 0.25) is 0 Å². The number of amides is 1. The third kappa shape index (κ3) is 4.25. The highest BCUT2D eigenvalue weighted by molar-refractivity contribution is 5.92. The van der Waals surface area contributed by atoms with E-state index in [4.69, 9.17) is 5.11 Å². The molecule has 1 aromatic rings. The largest absolute Gasteiger partial charge is 0.480 e. The van der Waals surface area contributed by atoms with Gasteiger partial charge in [0.15, 0.2) is 5.69 Å². The van der Waals surface area contributed by atoms with E-state index in [9.17, 15) is 9.59 Å². The Balaban J connectivity index is 1.89. The molecule has 0 aromatic carbocycles. The van der Waals surface area contributed by atoms with Crippen LogP contribution in [0.25, 0.3) is 0 Å². The number of carbonyl (C=O) groups is 2. The molecule has 0 unspecified atom stereocenters. The summed E-state index contributed by atoms with van der Waals surface area (Å²) in [5.41, 5.74) is 0.210. The lowest BCUT2D eigenvalue weighted by Gasteiger charge is -2.32. The van der Waals surface area contributed by atoms with Gasteiger partial charge in [0.25, 0.3) is 5.91 Å². The van der Waals surface area contributed by atoms with Gasteiger partial charge < -0.3 is 14.9 Å². The fraction of sp³-hybridized carbons (Fsp3) is 0.692. The Morgan fingerprint density at radius 3 is 2.62 bits per heavy atom. The van der Waals surface area contributed by atoms with Crippen LogP contribution in [-0.2, 0) is 11.3 Å². The number of hydrogen-bond acceptors (Lipinski definition) is 5. The van der Waals surface area contributed by atoms with Gasteiger partial charge in [0.1, 0.15) is 6.54 Å². The van der Waals surface area contributed by atoms with Gasteiger partial charge in [-0.25, -0.2) is 4.68 Å². The van der Waals surface area contributed by atoms with E-state index in [0.29, 0.717) is 19.0 Å². The van der Waals surface area contributed by atoms with Crippen molar-refractivity contribution >= 4 is 11.9 Å². The van der Waals surface area contributed by atoms with Crippen LogP contribution in [0, 0.1) is 5.92 Å². The second kappa shape index (κ2) is 6.66. The number of likely N-dealkylation sites (tertiary alicyclic amines) is 1. The standard InChI is InChI=1S/C13H21N5O3/c1-16(2)7-10-3-5-17(6-4-10)13(21)11-8-18(15-14-11)9-12(19)20/h8,10H,3-7,9H2,1-2H3,(H,19,20). The van der Waals surface area contributed by atoms with Crippen molar-refractivity contribution in [2.75, 3.05) is 33.7 Å². The topological polar surface area (TPSA) is 91.6 Å². The number of nitrogens with zero attached hydrogens (tertiary/aromatic N) is 5. The van der Waals surface area contributed by atoms with Gasteiger partial charge in [0, 0.05) is 19.6 Å². The molecule has 116 valence electrons. The lowest BCUT2D eigenvalue weighted by Crippen LogP contribution is -2.40. The Morgan fingerprint density at radius 2 is 2.05 bits per heavy atom. The molecule has 1 N–H and O–H groups in total. The zero-order chi connectivity index (χ0) is 15.4. The van der Waals surface area contributed by atoms with Crippen LogP contribution in [0.5, 0.6) is 0 Å². The van der Waals surface area contributed by atoms with Crippen molar-refractivity contribution in [3.8, 4) is 0 Å². The summed E-state index contributed by atoms with van der Waals surface area (Å²) < 4.78 is 1.16. The monoisotopic (exact) mass is 295 g/mol. The van der Waals surface area contributed by atoms with Crippen molar-refractivity contribution in [2.45, 2.75) is 19.4 Å². The summed E-state index contributed by atoms with van der Waals surface area (Å²) in [5.74, 6) is -0.565. The molecule has 0 spiro atoms. The number of rotatable bonds is 5. The Hall–Kier alpha value is -1.96. The Bertz CT molecular complexity index is 506. The smallest absolute Gasteiger partial charge is 0.325 e. The zero-order valence-corrected chi connectivity index (χ0v) is 12.4. The number of aliphatic carboxylic acids is 1. The molecule has 0 saturated carbocycles. The van der Waals surface area contributed by atoms with Gasteiger partial charge in [-0.3, -0.25) is 9.59 Å².